The van der Waals surface area contributed by atoms with Crippen LogP contribution in [0.4, 0.5) is 0 Å². The van der Waals surface area contributed by atoms with E-state index in [1.165, 1.54) is 16.7 Å². The number of hydrogen-bond donors (Lipinski definition) is 0. The van der Waals surface area contributed by atoms with Crippen LogP contribution < -0.4 is 9.47 Å². The monoisotopic (exact) mass is 339 g/mol. The van der Waals surface area contributed by atoms with Crippen LogP contribution in [0.15, 0.2) is 29.7 Å². The molecule has 0 aromatic heterocycles. The van der Waals surface area contributed by atoms with Gasteiger partial charge in [-0.15, -0.1) is 6.58 Å². The maximum atomic E-state index is 12.2. The Morgan fingerprint density at radius 2 is 2.29 bits per heavy atom. The lowest BCUT2D eigenvalue weighted by Crippen LogP contribution is -2.27. The van der Waals surface area contributed by atoms with Gasteiger partial charge in [-0.25, -0.2) is 0 Å². The van der Waals surface area contributed by atoms with Gasteiger partial charge in [-0.1, -0.05) is 41.7 Å². The van der Waals surface area contributed by atoms with Crippen LogP contribution in [0.5, 0.6) is 11.5 Å². The third-order valence-corrected chi connectivity index (χ3v) is 4.59. The highest BCUT2D eigenvalue weighted by Crippen LogP contribution is 2.41. The Hall–Kier alpha value is -1.50. The Balaban J connectivity index is 1.93. The highest BCUT2D eigenvalue weighted by molar-refractivity contribution is 8.26. The third-order valence-electron chi connectivity index (χ3n) is 2.93. The van der Waals surface area contributed by atoms with Gasteiger partial charge in [0.25, 0.3) is 5.91 Å². The van der Waals surface area contributed by atoms with Crippen LogP contribution in [0.3, 0.4) is 0 Å². The van der Waals surface area contributed by atoms with E-state index >= 15 is 0 Å². The Morgan fingerprint density at radius 3 is 3.05 bits per heavy atom. The molecule has 0 saturated carbocycles. The fraction of sp³-hybridized carbons (Fsp3) is 0.143. The first-order valence-electron chi connectivity index (χ1n) is 6.05. The first-order valence-corrected chi connectivity index (χ1v) is 7.66. The Kier molecular flexibility index (Phi) is 3.93. The van der Waals surface area contributed by atoms with Gasteiger partial charge in [-0.3, -0.25) is 9.69 Å². The number of halogens is 1. The molecule has 3 rings (SSSR count). The summed E-state index contributed by atoms with van der Waals surface area (Å²) in [5, 5.41) is 0.456. The zero-order valence-corrected chi connectivity index (χ0v) is 13.2. The molecule has 0 unspecified atom stereocenters. The summed E-state index contributed by atoms with van der Waals surface area (Å²) in [6.07, 6.45) is 3.39. The summed E-state index contributed by atoms with van der Waals surface area (Å²) in [6.45, 7) is 4.18. The van der Waals surface area contributed by atoms with Gasteiger partial charge in [-0.05, 0) is 23.8 Å². The average Bonchev–Trinajstić information content (AvgIpc) is 3.00. The molecular weight excluding hydrogens is 330 g/mol. The smallest absolute Gasteiger partial charge is 0.266 e. The van der Waals surface area contributed by atoms with Crippen molar-refractivity contribution in [2.45, 2.75) is 0 Å². The predicted octanol–water partition coefficient (Wildman–Crippen LogP) is 3.46. The van der Waals surface area contributed by atoms with Crippen molar-refractivity contribution in [3.63, 3.8) is 0 Å². The topological polar surface area (TPSA) is 38.8 Å². The minimum Gasteiger partial charge on any atom is -0.454 e. The number of nitrogens with zero attached hydrogens (tertiary/aromatic N) is 1. The highest BCUT2D eigenvalue weighted by Gasteiger charge is 2.31. The molecule has 1 aromatic carbocycles. The number of amides is 1. The molecule has 0 radical (unpaired) electrons. The lowest BCUT2D eigenvalue weighted by Gasteiger charge is -2.10. The second-order valence-corrected chi connectivity index (χ2v) is 6.40. The summed E-state index contributed by atoms with van der Waals surface area (Å²) in [5.41, 5.74) is 0.767. The largest absolute Gasteiger partial charge is 0.454 e. The molecule has 0 spiro atoms. The molecule has 0 bridgehead atoms. The van der Waals surface area contributed by atoms with Gasteiger partial charge in [0.1, 0.15) is 4.32 Å². The quantitative estimate of drug-likeness (QED) is 0.479. The summed E-state index contributed by atoms with van der Waals surface area (Å²) in [4.78, 5) is 14.3. The summed E-state index contributed by atoms with van der Waals surface area (Å²) < 4.78 is 11.1. The molecule has 4 nitrogen and oxygen atoms in total. The van der Waals surface area contributed by atoms with E-state index in [1.807, 2.05) is 0 Å². The summed E-state index contributed by atoms with van der Waals surface area (Å²) in [7, 11) is 0. The first kappa shape index (κ1) is 14.4. The number of fused-ring (bicyclic) bond motifs is 1. The van der Waals surface area contributed by atoms with Gasteiger partial charge in [-0.2, -0.15) is 0 Å². The number of benzene rings is 1. The van der Waals surface area contributed by atoms with E-state index in [0.717, 1.165) is 5.56 Å². The molecule has 2 aliphatic rings. The zero-order chi connectivity index (χ0) is 15.0. The minimum absolute atomic E-state index is 0.126. The van der Waals surface area contributed by atoms with E-state index in [1.54, 1.807) is 24.3 Å². The Morgan fingerprint density at radius 1 is 1.48 bits per heavy atom. The molecular formula is C14H10ClNO3S2. The molecule has 0 N–H and O–H groups in total. The zero-order valence-electron chi connectivity index (χ0n) is 10.8. The van der Waals surface area contributed by atoms with Crippen molar-refractivity contribution in [1.82, 2.24) is 4.90 Å². The van der Waals surface area contributed by atoms with Gasteiger partial charge in [0.15, 0.2) is 11.5 Å². The van der Waals surface area contributed by atoms with E-state index in [4.69, 9.17) is 33.3 Å². The van der Waals surface area contributed by atoms with Crippen molar-refractivity contribution < 1.29 is 14.3 Å². The van der Waals surface area contributed by atoms with Gasteiger partial charge >= 0.3 is 0 Å². The van der Waals surface area contributed by atoms with Crippen LogP contribution in [0.25, 0.3) is 6.08 Å². The number of ether oxygens (including phenoxy) is 2. The molecule has 2 heterocycles. The van der Waals surface area contributed by atoms with Crippen LogP contribution in [-0.2, 0) is 4.79 Å². The minimum atomic E-state index is -0.126. The van der Waals surface area contributed by atoms with Gasteiger partial charge in [0.2, 0.25) is 6.79 Å². The van der Waals surface area contributed by atoms with Crippen molar-refractivity contribution in [2.75, 3.05) is 13.3 Å². The predicted molar refractivity (Wildman–Crippen MR) is 87.7 cm³/mol. The lowest BCUT2D eigenvalue weighted by atomic mass is 10.2. The standard InChI is InChI=1S/C14H10ClNO3S2/c1-2-3-16-13(17)11(21-14(16)20)6-8-4-9(15)12-10(5-8)18-7-19-12/h2,4-6H,1,3,7H2/b11-6-. The summed E-state index contributed by atoms with van der Waals surface area (Å²) in [6, 6.07) is 3.52. The Bertz CT molecular complexity index is 687. The first-order chi connectivity index (χ1) is 10.1. The average molecular weight is 340 g/mol. The van der Waals surface area contributed by atoms with Crippen LogP contribution in [0.2, 0.25) is 5.02 Å². The van der Waals surface area contributed by atoms with Crippen LogP contribution in [-0.4, -0.2) is 28.5 Å². The number of thiocarbonyl (C=S) groups is 1. The SMILES string of the molecule is C=CCN1C(=O)/C(=C/c2cc(Cl)c3c(c2)OCO3)SC1=S. The van der Waals surface area contributed by atoms with E-state index in [0.29, 0.717) is 32.3 Å². The van der Waals surface area contributed by atoms with Crippen molar-refractivity contribution in [3.05, 3.63) is 40.3 Å². The summed E-state index contributed by atoms with van der Waals surface area (Å²) >= 11 is 12.6. The maximum Gasteiger partial charge on any atom is 0.266 e. The fourth-order valence-corrected chi connectivity index (χ4v) is 3.56. The summed E-state index contributed by atoms with van der Waals surface area (Å²) in [5.74, 6) is 0.988. The van der Waals surface area contributed by atoms with Crippen LogP contribution >= 0.6 is 35.6 Å². The number of rotatable bonds is 3. The number of carbonyl (C=O) groups is 1. The molecule has 0 atom stereocenters. The molecule has 1 aromatic rings. The van der Waals surface area contributed by atoms with Gasteiger partial charge in [0.05, 0.1) is 9.93 Å². The van der Waals surface area contributed by atoms with E-state index in [2.05, 4.69) is 6.58 Å². The number of hydrogen-bond acceptors (Lipinski definition) is 5. The second kappa shape index (κ2) is 5.71. The van der Waals surface area contributed by atoms with Crippen LogP contribution in [0, 0.1) is 0 Å². The van der Waals surface area contributed by atoms with E-state index in [9.17, 15) is 4.79 Å². The Labute approximate surface area is 136 Å². The fourth-order valence-electron chi connectivity index (χ4n) is 2.01. The van der Waals surface area contributed by atoms with Gasteiger partial charge < -0.3 is 9.47 Å². The number of thioether (sulfide) groups is 1. The van der Waals surface area contributed by atoms with Crippen molar-refractivity contribution in [1.29, 1.82) is 0 Å². The molecule has 108 valence electrons. The molecule has 1 amide bonds. The molecule has 0 aliphatic carbocycles. The molecule has 1 fully saturated rings. The number of carbonyl (C=O) groups excluding carboxylic acids is 1. The second-order valence-electron chi connectivity index (χ2n) is 4.32. The van der Waals surface area contributed by atoms with Crippen molar-refractivity contribution in [2.24, 2.45) is 0 Å². The van der Waals surface area contributed by atoms with Crippen LogP contribution in [0.1, 0.15) is 5.56 Å². The van der Waals surface area contributed by atoms with Gasteiger partial charge in [0, 0.05) is 6.54 Å². The third kappa shape index (κ3) is 2.66. The van der Waals surface area contributed by atoms with E-state index < -0.39 is 0 Å². The highest BCUT2D eigenvalue weighted by atomic mass is 35.5. The molecule has 7 heteroatoms. The van der Waals surface area contributed by atoms with E-state index in [-0.39, 0.29) is 12.7 Å². The normalized spacial score (nSPS) is 18.7. The maximum absolute atomic E-state index is 12.2. The molecule has 21 heavy (non-hydrogen) atoms. The lowest BCUT2D eigenvalue weighted by molar-refractivity contribution is -0.121. The van der Waals surface area contributed by atoms with Crippen molar-refractivity contribution in [3.8, 4) is 11.5 Å². The van der Waals surface area contributed by atoms with Crippen molar-refractivity contribution >= 4 is 51.9 Å². The molecule has 2 aliphatic heterocycles. The molecule has 1 saturated heterocycles.